The fourth-order valence-electron chi connectivity index (χ4n) is 8.81. The number of nitrogens with zero attached hydrogens (tertiary/aromatic N) is 1. The third-order valence-electron chi connectivity index (χ3n) is 10.8. The number of benzene rings is 3. The molecular weight excluding hydrogens is 594 g/mol. The van der Waals surface area contributed by atoms with Crippen molar-refractivity contribution in [3.05, 3.63) is 119 Å². The van der Waals surface area contributed by atoms with Crippen molar-refractivity contribution < 1.29 is 34.2 Å². The molecule has 3 aromatic carbocycles. The number of carboxylic acids is 1. The summed E-state index contributed by atoms with van der Waals surface area (Å²) in [7, 11) is 0. The summed E-state index contributed by atoms with van der Waals surface area (Å²) in [5.41, 5.74) is 2.07. The smallest absolute Gasteiger partial charge is 0.303 e. The molecule has 238 valence electrons. The number of fused-ring (bicyclic) bond motifs is 4. The van der Waals surface area contributed by atoms with E-state index in [1.165, 1.54) is 11.0 Å². The third-order valence-corrected chi connectivity index (χ3v) is 10.8. The average molecular weight is 630 g/mol. The highest BCUT2D eigenvalue weighted by Gasteiger charge is 2.66. The molecule has 3 aliphatic carbocycles. The quantitative estimate of drug-likeness (QED) is 0.265. The number of amides is 2. The number of carbonyl (C=O) groups is 5. The monoisotopic (exact) mass is 629 g/mol. The molecular formula is C39H35NO7. The molecule has 1 aliphatic heterocycles. The van der Waals surface area contributed by atoms with Crippen LogP contribution in [0, 0.1) is 30.6 Å². The summed E-state index contributed by atoms with van der Waals surface area (Å²) >= 11 is 0. The number of rotatable bonds is 7. The minimum Gasteiger partial charge on any atom is -0.507 e. The molecule has 2 amide bonds. The van der Waals surface area contributed by atoms with Gasteiger partial charge in [0.15, 0.2) is 11.6 Å². The first-order valence-electron chi connectivity index (χ1n) is 16.1. The van der Waals surface area contributed by atoms with Crippen molar-refractivity contribution in [3.63, 3.8) is 0 Å². The zero-order valence-electron chi connectivity index (χ0n) is 26.0. The van der Waals surface area contributed by atoms with E-state index in [2.05, 4.69) is 0 Å². The van der Waals surface area contributed by atoms with Crippen LogP contribution in [0.3, 0.4) is 0 Å². The van der Waals surface area contributed by atoms with Crippen LogP contribution >= 0.6 is 0 Å². The molecule has 0 aromatic heterocycles. The van der Waals surface area contributed by atoms with Crippen LogP contribution in [0.25, 0.3) is 5.57 Å². The van der Waals surface area contributed by atoms with Crippen molar-refractivity contribution in [3.8, 4) is 5.75 Å². The Morgan fingerprint density at radius 1 is 0.894 bits per heavy atom. The Kier molecular flexibility index (Phi) is 7.54. The molecule has 0 spiro atoms. The Labute approximate surface area is 272 Å². The first kappa shape index (κ1) is 30.5. The summed E-state index contributed by atoms with van der Waals surface area (Å²) in [5, 5.41) is 20.8. The molecule has 6 atom stereocenters. The van der Waals surface area contributed by atoms with Crippen molar-refractivity contribution in [1.82, 2.24) is 4.90 Å². The summed E-state index contributed by atoms with van der Waals surface area (Å²) < 4.78 is 0. The van der Waals surface area contributed by atoms with Crippen LogP contribution in [-0.4, -0.2) is 51.0 Å². The van der Waals surface area contributed by atoms with Crippen LogP contribution in [0.4, 0.5) is 0 Å². The van der Waals surface area contributed by atoms with Crippen LogP contribution in [-0.2, 0) is 29.4 Å². The molecule has 47 heavy (non-hydrogen) atoms. The van der Waals surface area contributed by atoms with Gasteiger partial charge in [0.1, 0.15) is 5.75 Å². The summed E-state index contributed by atoms with van der Waals surface area (Å²) in [6, 6.07) is 23.7. The van der Waals surface area contributed by atoms with E-state index < -0.39 is 41.0 Å². The molecule has 2 fully saturated rings. The lowest BCUT2D eigenvalue weighted by molar-refractivity contribution is -0.142. The molecule has 7 rings (SSSR count). The minimum absolute atomic E-state index is 0.0107. The number of aromatic hydroxyl groups is 1. The van der Waals surface area contributed by atoms with E-state index in [9.17, 15) is 29.1 Å². The molecule has 2 N–H and O–H groups in total. The fraction of sp³-hybridized carbons (Fsp3) is 0.308. The topological polar surface area (TPSA) is 129 Å². The molecule has 4 aliphatic rings. The standard InChI is InChI=1S/C39H35NO7/c1-22-10-8-15-27(35(22)44)34-25-17-18-26-33(38(47)40(37(26)46)19-9-16-32(42)43)29(25)20-30-36(45)28(23-11-4-2-5-12-23)21-31(41)39(30,34)24-13-6-3-7-14-24/h2-8,10-15,17,21,26,29-30,33-34,44H,9,16,18-20H2,1H3,(H,42,43)/t26-,29+,30-,33-,34+,39-/m0/s1. The number of carbonyl (C=O) groups excluding carboxylic acids is 4. The predicted octanol–water partition coefficient (Wildman–Crippen LogP) is 5.39. The zero-order chi connectivity index (χ0) is 33.0. The Hall–Kier alpha value is -5.11. The van der Waals surface area contributed by atoms with Gasteiger partial charge in [-0.3, -0.25) is 28.9 Å². The number of carboxylic acid groups (broad SMARTS) is 1. The molecule has 0 radical (unpaired) electrons. The number of imide groups is 1. The lowest BCUT2D eigenvalue weighted by Gasteiger charge is -2.55. The zero-order valence-corrected chi connectivity index (χ0v) is 26.0. The van der Waals surface area contributed by atoms with E-state index in [1.54, 1.807) is 31.2 Å². The Morgan fingerprint density at radius 2 is 1.60 bits per heavy atom. The van der Waals surface area contributed by atoms with Gasteiger partial charge in [0.25, 0.3) is 0 Å². The van der Waals surface area contributed by atoms with E-state index in [1.807, 2.05) is 60.7 Å². The molecule has 1 saturated carbocycles. The van der Waals surface area contributed by atoms with Gasteiger partial charge < -0.3 is 10.2 Å². The number of phenols is 1. The largest absolute Gasteiger partial charge is 0.507 e. The lowest BCUT2D eigenvalue weighted by Crippen LogP contribution is -2.58. The van der Waals surface area contributed by atoms with Gasteiger partial charge in [-0.05, 0) is 54.9 Å². The molecule has 0 unspecified atom stereocenters. The molecule has 3 aromatic rings. The van der Waals surface area contributed by atoms with Gasteiger partial charge in [0.05, 0.1) is 17.3 Å². The number of allylic oxidation sites excluding steroid dienone is 4. The fourth-order valence-corrected chi connectivity index (χ4v) is 8.81. The number of likely N-dealkylation sites (tertiary alicyclic amines) is 1. The second-order valence-corrected chi connectivity index (χ2v) is 13.1. The van der Waals surface area contributed by atoms with E-state index in [0.717, 1.165) is 5.57 Å². The first-order valence-corrected chi connectivity index (χ1v) is 16.1. The van der Waals surface area contributed by atoms with Crippen LogP contribution in [0.2, 0.25) is 0 Å². The van der Waals surface area contributed by atoms with E-state index >= 15 is 0 Å². The number of hydrogen-bond acceptors (Lipinski definition) is 6. The van der Waals surface area contributed by atoms with E-state index in [-0.39, 0.29) is 61.4 Å². The second kappa shape index (κ2) is 11.6. The normalized spacial score (nSPS) is 28.3. The van der Waals surface area contributed by atoms with E-state index in [4.69, 9.17) is 5.11 Å². The van der Waals surface area contributed by atoms with E-state index in [0.29, 0.717) is 27.8 Å². The maximum atomic E-state index is 15.0. The number of aryl methyl sites for hydroxylation is 1. The molecule has 8 heteroatoms. The van der Waals surface area contributed by atoms with Crippen molar-refractivity contribution >= 4 is 34.9 Å². The van der Waals surface area contributed by atoms with Gasteiger partial charge in [-0.15, -0.1) is 0 Å². The average Bonchev–Trinajstić information content (AvgIpc) is 3.32. The number of ketones is 2. The Morgan fingerprint density at radius 3 is 2.30 bits per heavy atom. The molecule has 0 bridgehead atoms. The highest BCUT2D eigenvalue weighted by Crippen LogP contribution is 2.64. The highest BCUT2D eigenvalue weighted by atomic mass is 16.4. The van der Waals surface area contributed by atoms with Gasteiger partial charge in [0.2, 0.25) is 11.8 Å². The SMILES string of the molecule is Cc1cccc([C@H]2C3=CC[C@@H]4C(=O)N(CCCC(=O)O)C(=O)[C@@H]4[C@@H]3C[C@H]3C(=O)C(c4ccccc4)=CC(=O)[C@@]23c2ccccc2)c1O. The van der Waals surface area contributed by atoms with Gasteiger partial charge in [0, 0.05) is 35.9 Å². The summed E-state index contributed by atoms with van der Waals surface area (Å²) in [4.78, 5) is 70.0. The van der Waals surface area contributed by atoms with Crippen LogP contribution in [0.15, 0.2) is 96.6 Å². The van der Waals surface area contributed by atoms with Crippen molar-refractivity contribution in [2.24, 2.45) is 23.7 Å². The first-order chi connectivity index (χ1) is 22.7. The van der Waals surface area contributed by atoms with Crippen molar-refractivity contribution in [2.75, 3.05) is 6.54 Å². The maximum Gasteiger partial charge on any atom is 0.303 e. The Bertz CT molecular complexity index is 1880. The number of hydrogen-bond donors (Lipinski definition) is 2. The number of phenolic OH excluding ortho intramolecular Hbond substituents is 1. The van der Waals surface area contributed by atoms with Crippen LogP contribution in [0.5, 0.6) is 5.75 Å². The number of Topliss-reactive ketones (excluding diaryl/α,β-unsaturated/α-hetero) is 1. The van der Waals surface area contributed by atoms with Crippen LogP contribution < -0.4 is 0 Å². The Balaban J connectivity index is 1.45. The van der Waals surface area contributed by atoms with Gasteiger partial charge in [-0.1, -0.05) is 90.5 Å². The highest BCUT2D eigenvalue weighted by molar-refractivity contribution is 6.31. The third kappa shape index (κ3) is 4.60. The molecule has 1 saturated heterocycles. The summed E-state index contributed by atoms with van der Waals surface area (Å²) in [6.07, 6.45) is 3.83. The number of aliphatic carboxylic acids is 1. The lowest BCUT2D eigenvalue weighted by atomic mass is 9.44. The molecule has 8 nitrogen and oxygen atoms in total. The molecule has 1 heterocycles. The second-order valence-electron chi connectivity index (χ2n) is 13.1. The van der Waals surface area contributed by atoms with Crippen LogP contribution in [0.1, 0.15) is 53.9 Å². The van der Waals surface area contributed by atoms with Gasteiger partial charge >= 0.3 is 5.97 Å². The van der Waals surface area contributed by atoms with Gasteiger partial charge in [-0.25, -0.2) is 0 Å². The van der Waals surface area contributed by atoms with Gasteiger partial charge in [-0.2, -0.15) is 0 Å². The maximum absolute atomic E-state index is 15.0. The predicted molar refractivity (Wildman–Crippen MR) is 173 cm³/mol. The summed E-state index contributed by atoms with van der Waals surface area (Å²) in [6.45, 7) is 1.79. The van der Waals surface area contributed by atoms with Crippen molar-refractivity contribution in [1.29, 1.82) is 0 Å². The summed E-state index contributed by atoms with van der Waals surface area (Å²) in [5.74, 6) is -5.77. The number of para-hydroxylation sites is 1. The van der Waals surface area contributed by atoms with Crippen molar-refractivity contribution in [2.45, 2.75) is 43.9 Å². The minimum atomic E-state index is -1.41.